The lowest BCUT2D eigenvalue weighted by molar-refractivity contribution is -0.157. The maximum Gasteiger partial charge on any atom is 0.163 e. The van der Waals surface area contributed by atoms with E-state index < -0.39 is 5.79 Å². The van der Waals surface area contributed by atoms with Gasteiger partial charge in [-0.25, -0.2) is 0 Å². The van der Waals surface area contributed by atoms with Crippen molar-refractivity contribution in [2.45, 2.75) is 44.7 Å². The summed E-state index contributed by atoms with van der Waals surface area (Å²) in [6.07, 6.45) is 2.41. The van der Waals surface area contributed by atoms with Crippen LogP contribution in [0, 0.1) is 5.92 Å². The topological polar surface area (TPSA) is 38.7 Å². The Morgan fingerprint density at radius 1 is 1.33 bits per heavy atom. The molecule has 1 aliphatic carbocycles. The number of aliphatic hydroxyl groups excluding tert-OH is 1. The van der Waals surface area contributed by atoms with Crippen molar-refractivity contribution < 1.29 is 14.6 Å². The minimum absolute atomic E-state index is 0.130. The van der Waals surface area contributed by atoms with Crippen molar-refractivity contribution in [1.82, 2.24) is 0 Å². The second-order valence-electron chi connectivity index (χ2n) is 4.16. The van der Waals surface area contributed by atoms with E-state index in [1.807, 2.05) is 13.8 Å². The second kappa shape index (κ2) is 2.69. The van der Waals surface area contributed by atoms with Gasteiger partial charge in [0.25, 0.3) is 0 Å². The summed E-state index contributed by atoms with van der Waals surface area (Å²) < 4.78 is 11.4. The number of hydrogen-bond donors (Lipinski definition) is 1. The highest BCUT2D eigenvalue weighted by Crippen LogP contribution is 2.40. The summed E-state index contributed by atoms with van der Waals surface area (Å²) in [7, 11) is 0. The van der Waals surface area contributed by atoms with E-state index in [1.54, 1.807) is 0 Å². The molecule has 1 aliphatic heterocycles. The third-order valence-electron chi connectivity index (χ3n) is 2.74. The van der Waals surface area contributed by atoms with Gasteiger partial charge in [0.05, 0.1) is 12.2 Å². The highest BCUT2D eigenvalue weighted by molar-refractivity contribution is 4.92. The molecule has 1 saturated heterocycles. The molecule has 70 valence electrons. The van der Waals surface area contributed by atoms with Crippen LogP contribution in [0.4, 0.5) is 0 Å². The molecule has 0 bridgehead atoms. The molecule has 1 N–H and O–H groups in total. The Hall–Kier alpha value is -0.120. The van der Waals surface area contributed by atoms with Crippen LogP contribution in [-0.4, -0.2) is 29.7 Å². The van der Waals surface area contributed by atoms with E-state index in [1.165, 1.54) is 0 Å². The number of hydrogen-bond acceptors (Lipinski definition) is 3. The van der Waals surface area contributed by atoms with E-state index in [2.05, 4.69) is 0 Å². The highest BCUT2D eigenvalue weighted by Gasteiger charge is 2.48. The number of fused-ring (bicyclic) bond motifs is 1. The first-order valence-electron chi connectivity index (χ1n) is 4.59. The van der Waals surface area contributed by atoms with Crippen LogP contribution in [0.25, 0.3) is 0 Å². The van der Waals surface area contributed by atoms with Crippen molar-refractivity contribution in [2.24, 2.45) is 5.92 Å². The van der Waals surface area contributed by atoms with Crippen LogP contribution in [0.15, 0.2) is 0 Å². The fourth-order valence-electron chi connectivity index (χ4n) is 2.22. The Bertz CT molecular complexity index is 179. The minimum Gasteiger partial charge on any atom is -0.396 e. The maximum atomic E-state index is 9.05. The van der Waals surface area contributed by atoms with Crippen LogP contribution in [0.3, 0.4) is 0 Å². The van der Waals surface area contributed by atoms with Crippen molar-refractivity contribution in [3.63, 3.8) is 0 Å². The molecule has 0 spiro atoms. The van der Waals surface area contributed by atoms with Crippen molar-refractivity contribution >= 4 is 0 Å². The van der Waals surface area contributed by atoms with Gasteiger partial charge in [0.2, 0.25) is 0 Å². The van der Waals surface area contributed by atoms with Gasteiger partial charge >= 0.3 is 0 Å². The molecule has 3 heteroatoms. The molecular weight excluding hydrogens is 156 g/mol. The van der Waals surface area contributed by atoms with E-state index in [9.17, 15) is 0 Å². The quantitative estimate of drug-likeness (QED) is 0.639. The number of ether oxygens (including phenoxy) is 2. The van der Waals surface area contributed by atoms with Crippen molar-refractivity contribution in [3.8, 4) is 0 Å². The molecule has 1 heterocycles. The van der Waals surface area contributed by atoms with Crippen LogP contribution >= 0.6 is 0 Å². The van der Waals surface area contributed by atoms with Gasteiger partial charge in [0, 0.05) is 12.5 Å². The molecule has 3 nitrogen and oxygen atoms in total. The van der Waals surface area contributed by atoms with Gasteiger partial charge < -0.3 is 14.6 Å². The molecule has 3 unspecified atom stereocenters. The zero-order valence-electron chi connectivity index (χ0n) is 7.62. The lowest BCUT2D eigenvalue weighted by atomic mass is 10.1. The lowest BCUT2D eigenvalue weighted by Gasteiger charge is -2.20. The van der Waals surface area contributed by atoms with Crippen molar-refractivity contribution in [1.29, 1.82) is 0 Å². The average molecular weight is 172 g/mol. The van der Waals surface area contributed by atoms with Gasteiger partial charge in [-0.1, -0.05) is 0 Å². The maximum absolute atomic E-state index is 9.05. The summed E-state index contributed by atoms with van der Waals surface area (Å²) in [5.41, 5.74) is 0. The molecule has 0 radical (unpaired) electrons. The van der Waals surface area contributed by atoms with Gasteiger partial charge in [0.15, 0.2) is 5.79 Å². The molecule has 0 amide bonds. The molecule has 1 saturated carbocycles. The average Bonchev–Trinajstić information content (AvgIpc) is 2.42. The minimum atomic E-state index is -0.441. The van der Waals surface area contributed by atoms with Crippen molar-refractivity contribution in [2.75, 3.05) is 6.61 Å². The number of rotatable bonds is 1. The molecule has 0 aromatic heterocycles. The third-order valence-corrected chi connectivity index (χ3v) is 2.74. The van der Waals surface area contributed by atoms with Crippen LogP contribution in [0.5, 0.6) is 0 Å². The molecule has 12 heavy (non-hydrogen) atoms. The SMILES string of the molecule is CC1(C)OC2CCC(CO)C2O1. The van der Waals surface area contributed by atoms with Crippen LogP contribution < -0.4 is 0 Å². The van der Waals surface area contributed by atoms with Gasteiger partial charge in [-0.05, 0) is 26.7 Å². The lowest BCUT2D eigenvalue weighted by Crippen LogP contribution is -2.26. The second-order valence-corrected chi connectivity index (χ2v) is 4.16. The summed E-state index contributed by atoms with van der Waals surface area (Å²) in [5.74, 6) is -0.153. The first-order chi connectivity index (χ1) is 5.62. The first kappa shape index (κ1) is 8.48. The monoisotopic (exact) mass is 172 g/mol. The summed E-state index contributed by atoms with van der Waals surface area (Å²) in [4.78, 5) is 0. The highest BCUT2D eigenvalue weighted by atomic mass is 16.8. The summed E-state index contributed by atoms with van der Waals surface area (Å²) >= 11 is 0. The molecule has 0 aromatic rings. The fourth-order valence-corrected chi connectivity index (χ4v) is 2.22. The Morgan fingerprint density at radius 3 is 2.75 bits per heavy atom. The zero-order valence-corrected chi connectivity index (χ0v) is 7.62. The molecule has 0 aromatic carbocycles. The number of aliphatic hydroxyl groups is 1. The van der Waals surface area contributed by atoms with Crippen LogP contribution in [-0.2, 0) is 9.47 Å². The fraction of sp³-hybridized carbons (Fsp3) is 1.00. The van der Waals surface area contributed by atoms with Crippen molar-refractivity contribution in [3.05, 3.63) is 0 Å². The molecule has 3 atom stereocenters. The van der Waals surface area contributed by atoms with E-state index >= 15 is 0 Å². The van der Waals surface area contributed by atoms with E-state index in [4.69, 9.17) is 14.6 Å². The van der Waals surface area contributed by atoms with Gasteiger partial charge in [-0.2, -0.15) is 0 Å². The molecular formula is C9H16O3. The molecule has 2 fully saturated rings. The third kappa shape index (κ3) is 1.26. The summed E-state index contributed by atoms with van der Waals surface area (Å²) in [5, 5.41) is 9.05. The van der Waals surface area contributed by atoms with E-state index in [0.29, 0.717) is 0 Å². The Morgan fingerprint density at radius 2 is 2.08 bits per heavy atom. The predicted octanol–water partition coefficient (Wildman–Crippen LogP) is 0.909. The Kier molecular flexibility index (Phi) is 1.90. The zero-order chi connectivity index (χ0) is 8.77. The van der Waals surface area contributed by atoms with E-state index in [0.717, 1.165) is 12.8 Å². The van der Waals surface area contributed by atoms with Gasteiger partial charge in [-0.3, -0.25) is 0 Å². The predicted molar refractivity (Wildman–Crippen MR) is 43.6 cm³/mol. The Balaban J connectivity index is 2.06. The van der Waals surface area contributed by atoms with E-state index in [-0.39, 0.29) is 24.7 Å². The Labute approximate surface area is 72.7 Å². The normalized spacial score (nSPS) is 44.8. The summed E-state index contributed by atoms with van der Waals surface area (Å²) in [6.45, 7) is 4.08. The largest absolute Gasteiger partial charge is 0.396 e. The molecule has 2 rings (SSSR count). The van der Waals surface area contributed by atoms with Gasteiger partial charge in [0.1, 0.15) is 0 Å². The van der Waals surface area contributed by atoms with Gasteiger partial charge in [-0.15, -0.1) is 0 Å². The smallest absolute Gasteiger partial charge is 0.163 e. The standard InChI is InChI=1S/C9H16O3/c1-9(2)11-7-4-3-6(5-10)8(7)12-9/h6-8,10H,3-5H2,1-2H3. The molecule has 2 aliphatic rings. The van der Waals surface area contributed by atoms with Crippen LogP contribution in [0.1, 0.15) is 26.7 Å². The first-order valence-corrected chi connectivity index (χ1v) is 4.59. The van der Waals surface area contributed by atoms with Crippen LogP contribution in [0.2, 0.25) is 0 Å². The summed E-state index contributed by atoms with van der Waals surface area (Å²) in [6, 6.07) is 0.